The Bertz CT molecular complexity index is 957. The molecule has 0 radical (unpaired) electrons. The van der Waals surface area contributed by atoms with Gasteiger partial charge in [-0.2, -0.15) is 5.26 Å². The Morgan fingerprint density at radius 1 is 1.14 bits per heavy atom. The Kier molecular flexibility index (Phi) is 6.49. The molecule has 142 valence electrons. The molecule has 8 heteroatoms. The number of anilines is 3. The van der Waals surface area contributed by atoms with Crippen LogP contribution in [0.15, 0.2) is 60.3 Å². The van der Waals surface area contributed by atoms with E-state index >= 15 is 0 Å². The lowest BCUT2D eigenvalue weighted by atomic mass is 10.1. The molecule has 2 aromatic carbocycles. The molecule has 28 heavy (non-hydrogen) atoms. The highest BCUT2D eigenvalue weighted by Gasteiger charge is 2.23. The van der Waals surface area contributed by atoms with Crippen molar-refractivity contribution >= 4 is 34.8 Å². The van der Waals surface area contributed by atoms with Crippen LogP contribution in [0.3, 0.4) is 0 Å². The van der Waals surface area contributed by atoms with Crippen molar-refractivity contribution in [2.75, 3.05) is 16.0 Å². The summed E-state index contributed by atoms with van der Waals surface area (Å²) in [4.78, 5) is 36.2. The number of carbonyl (C=O) groups excluding carboxylic acids is 2. The Labute approximate surface area is 161 Å². The summed E-state index contributed by atoms with van der Waals surface area (Å²) in [5.74, 6) is -2.27. The van der Waals surface area contributed by atoms with Crippen LogP contribution in [0.25, 0.3) is 0 Å². The third-order valence-electron chi connectivity index (χ3n) is 3.71. The van der Waals surface area contributed by atoms with Gasteiger partial charge in [0, 0.05) is 24.5 Å². The molecule has 0 aliphatic heterocycles. The van der Waals surface area contributed by atoms with Gasteiger partial charge in [0.05, 0.1) is 12.1 Å². The molecule has 2 amide bonds. The Morgan fingerprint density at radius 3 is 2.25 bits per heavy atom. The van der Waals surface area contributed by atoms with Crippen LogP contribution >= 0.6 is 0 Å². The maximum atomic E-state index is 12.7. The van der Waals surface area contributed by atoms with Gasteiger partial charge in [-0.3, -0.25) is 14.4 Å². The molecule has 0 saturated heterocycles. The van der Waals surface area contributed by atoms with Gasteiger partial charge in [-0.05, 0) is 42.0 Å². The monoisotopic (exact) mass is 378 g/mol. The second-order valence-corrected chi connectivity index (χ2v) is 5.83. The Balaban J connectivity index is 2.21. The first kappa shape index (κ1) is 20.2. The van der Waals surface area contributed by atoms with E-state index in [4.69, 9.17) is 10.8 Å². The van der Waals surface area contributed by atoms with Crippen molar-refractivity contribution in [1.29, 1.82) is 5.26 Å². The molecular formula is C20H18N4O4. The molecule has 2 rings (SSSR count). The highest BCUT2D eigenvalue weighted by Crippen LogP contribution is 2.19. The molecule has 2 aromatic rings. The van der Waals surface area contributed by atoms with Crippen LogP contribution in [-0.4, -0.2) is 22.9 Å². The molecule has 0 aliphatic rings. The topological polar surface area (TPSA) is 137 Å². The predicted molar refractivity (Wildman–Crippen MR) is 104 cm³/mol. The molecule has 0 heterocycles. The first-order chi connectivity index (χ1) is 13.3. The smallest absolute Gasteiger partial charge is 0.307 e. The third-order valence-corrected chi connectivity index (χ3v) is 3.71. The maximum Gasteiger partial charge on any atom is 0.307 e. The fourth-order valence-corrected chi connectivity index (χ4v) is 2.38. The van der Waals surface area contributed by atoms with Gasteiger partial charge in [-0.1, -0.05) is 12.1 Å². The number of benzene rings is 2. The minimum absolute atomic E-state index is 0.104. The van der Waals surface area contributed by atoms with E-state index in [-0.39, 0.29) is 12.0 Å². The van der Waals surface area contributed by atoms with Gasteiger partial charge in [-0.15, -0.1) is 0 Å². The number of carboxylic acids is 1. The quantitative estimate of drug-likeness (QED) is 0.398. The van der Waals surface area contributed by atoms with Gasteiger partial charge in [0.2, 0.25) is 5.91 Å². The van der Waals surface area contributed by atoms with Crippen molar-refractivity contribution in [2.45, 2.75) is 13.3 Å². The molecule has 0 bridgehead atoms. The summed E-state index contributed by atoms with van der Waals surface area (Å²) in [6, 6.07) is 14.4. The van der Waals surface area contributed by atoms with Crippen LogP contribution in [0.2, 0.25) is 0 Å². The van der Waals surface area contributed by atoms with Crippen LogP contribution in [0.4, 0.5) is 17.1 Å². The third kappa shape index (κ3) is 5.19. The standard InChI is InChI=1S/C20H18N4O4/c1-13(25)24(18-8-4-16(22)5-9-18)20(28)15(11-21)12-23-17-6-2-14(3-7-17)10-19(26)27/h2-9,12,23H,10,22H2,1H3,(H,26,27)/b15-12-. The largest absolute Gasteiger partial charge is 0.481 e. The van der Waals surface area contributed by atoms with Crippen LogP contribution in [-0.2, 0) is 20.8 Å². The van der Waals surface area contributed by atoms with Crippen LogP contribution in [0.5, 0.6) is 0 Å². The van der Waals surface area contributed by atoms with Crippen molar-refractivity contribution in [3.05, 3.63) is 65.9 Å². The van der Waals surface area contributed by atoms with Crippen LogP contribution in [0.1, 0.15) is 12.5 Å². The molecule has 0 atom stereocenters. The number of rotatable bonds is 6. The number of carboxylic acid groups (broad SMARTS) is 1. The fraction of sp³-hybridized carbons (Fsp3) is 0.100. The lowest BCUT2D eigenvalue weighted by Gasteiger charge is -2.19. The van der Waals surface area contributed by atoms with E-state index in [9.17, 15) is 19.6 Å². The summed E-state index contributed by atoms with van der Waals surface area (Å²) >= 11 is 0. The van der Waals surface area contributed by atoms with E-state index in [1.165, 1.54) is 25.3 Å². The molecular weight excluding hydrogens is 360 g/mol. The molecule has 0 saturated carbocycles. The number of hydrogen-bond acceptors (Lipinski definition) is 6. The van der Waals surface area contributed by atoms with Gasteiger partial charge < -0.3 is 16.2 Å². The number of nitrogen functional groups attached to an aromatic ring is 1. The molecule has 4 N–H and O–H groups in total. The second kappa shape index (κ2) is 9.00. The minimum Gasteiger partial charge on any atom is -0.481 e. The Hall–Kier alpha value is -4.12. The molecule has 8 nitrogen and oxygen atoms in total. The lowest BCUT2D eigenvalue weighted by Crippen LogP contribution is -2.36. The van der Waals surface area contributed by atoms with Gasteiger partial charge in [-0.25, -0.2) is 4.90 Å². The number of amides is 2. The van der Waals surface area contributed by atoms with E-state index < -0.39 is 17.8 Å². The Morgan fingerprint density at radius 2 is 1.75 bits per heavy atom. The van der Waals surface area contributed by atoms with Crippen molar-refractivity contribution in [3.8, 4) is 6.07 Å². The van der Waals surface area contributed by atoms with Gasteiger partial charge in [0.25, 0.3) is 5.91 Å². The first-order valence-corrected chi connectivity index (χ1v) is 8.20. The molecule has 0 spiro atoms. The summed E-state index contributed by atoms with van der Waals surface area (Å²) in [6.45, 7) is 1.22. The van der Waals surface area contributed by atoms with Crippen molar-refractivity contribution in [1.82, 2.24) is 0 Å². The average molecular weight is 378 g/mol. The number of nitrogens with zero attached hydrogens (tertiary/aromatic N) is 2. The maximum absolute atomic E-state index is 12.7. The summed E-state index contributed by atoms with van der Waals surface area (Å²) in [7, 11) is 0. The minimum atomic E-state index is -0.940. The van der Waals surface area contributed by atoms with Crippen LogP contribution in [0, 0.1) is 11.3 Å². The predicted octanol–water partition coefficient (Wildman–Crippen LogP) is 2.29. The number of hydrogen-bond donors (Lipinski definition) is 3. The zero-order valence-electron chi connectivity index (χ0n) is 15.0. The summed E-state index contributed by atoms with van der Waals surface area (Å²) in [5, 5.41) is 20.9. The van der Waals surface area contributed by atoms with E-state index in [0.717, 1.165) is 4.90 Å². The molecule has 0 aliphatic carbocycles. The van der Waals surface area contributed by atoms with E-state index in [1.807, 2.05) is 0 Å². The number of nitrogens with two attached hydrogens (primary N) is 1. The number of aliphatic carboxylic acids is 1. The van der Waals surface area contributed by atoms with Gasteiger partial charge in [0.1, 0.15) is 11.6 Å². The van der Waals surface area contributed by atoms with E-state index in [1.54, 1.807) is 42.5 Å². The number of carbonyl (C=O) groups is 3. The van der Waals surface area contributed by atoms with Crippen molar-refractivity contribution in [2.24, 2.45) is 0 Å². The van der Waals surface area contributed by atoms with Crippen molar-refractivity contribution < 1.29 is 19.5 Å². The summed E-state index contributed by atoms with van der Waals surface area (Å²) in [5.41, 5.74) is 7.28. The van der Waals surface area contributed by atoms with E-state index in [2.05, 4.69) is 5.32 Å². The van der Waals surface area contributed by atoms with Crippen LogP contribution < -0.4 is 16.0 Å². The zero-order chi connectivity index (χ0) is 20.7. The number of nitriles is 1. The normalized spacial score (nSPS) is 10.6. The van der Waals surface area contributed by atoms with Crippen molar-refractivity contribution in [3.63, 3.8) is 0 Å². The number of nitrogens with one attached hydrogen (secondary N) is 1. The van der Waals surface area contributed by atoms with Gasteiger partial charge >= 0.3 is 5.97 Å². The lowest BCUT2D eigenvalue weighted by molar-refractivity contribution is -0.136. The number of imide groups is 1. The fourth-order valence-electron chi connectivity index (χ4n) is 2.38. The molecule has 0 aromatic heterocycles. The molecule has 0 unspecified atom stereocenters. The highest BCUT2D eigenvalue weighted by atomic mass is 16.4. The van der Waals surface area contributed by atoms with Gasteiger partial charge in [0.15, 0.2) is 0 Å². The second-order valence-electron chi connectivity index (χ2n) is 5.83. The average Bonchev–Trinajstić information content (AvgIpc) is 2.64. The molecule has 0 fully saturated rings. The highest BCUT2D eigenvalue weighted by molar-refractivity contribution is 6.21. The SMILES string of the molecule is CC(=O)N(C(=O)/C(C#N)=C\Nc1ccc(CC(=O)O)cc1)c1ccc(N)cc1. The summed E-state index contributed by atoms with van der Waals surface area (Å²) in [6.07, 6.45) is 1.09. The zero-order valence-corrected chi connectivity index (χ0v) is 15.0. The first-order valence-electron chi connectivity index (χ1n) is 8.20. The summed E-state index contributed by atoms with van der Waals surface area (Å²) < 4.78 is 0. The van der Waals surface area contributed by atoms with E-state index in [0.29, 0.717) is 22.6 Å².